The molecule has 0 N–H and O–H groups in total. The number of ether oxygens (including phenoxy) is 1. The van der Waals surface area contributed by atoms with Crippen LogP contribution in [0.4, 0.5) is 0 Å². The maximum Gasteiger partial charge on any atom is 0.0977 e. The van der Waals surface area contributed by atoms with E-state index in [0.29, 0.717) is 12.6 Å². The molecule has 154 valence electrons. The van der Waals surface area contributed by atoms with Crippen LogP contribution in [-0.2, 0) is 16.9 Å². The summed E-state index contributed by atoms with van der Waals surface area (Å²) >= 11 is 0. The molecule has 0 spiro atoms. The van der Waals surface area contributed by atoms with Crippen LogP contribution in [0.1, 0.15) is 22.3 Å². The minimum absolute atomic E-state index is 0.329. The van der Waals surface area contributed by atoms with Gasteiger partial charge in [-0.25, -0.2) is 0 Å². The number of benzene rings is 4. The summed E-state index contributed by atoms with van der Waals surface area (Å²) in [5, 5.41) is 0. The van der Waals surface area contributed by atoms with Gasteiger partial charge in [-0.2, -0.15) is 0 Å². The summed E-state index contributed by atoms with van der Waals surface area (Å²) in [6.07, 6.45) is 0. The van der Waals surface area contributed by atoms with E-state index in [1.165, 1.54) is 22.3 Å². The molecule has 0 bridgehead atoms. The minimum atomic E-state index is -0.329. The highest BCUT2D eigenvalue weighted by molar-refractivity contribution is 5.51. The van der Waals surface area contributed by atoms with Gasteiger partial charge >= 0.3 is 0 Å². The Balaban J connectivity index is 1.49. The van der Waals surface area contributed by atoms with E-state index >= 15 is 0 Å². The van der Waals surface area contributed by atoms with Gasteiger partial charge in [-0.05, 0) is 22.3 Å². The molecule has 1 saturated heterocycles. The molecule has 1 fully saturated rings. The number of hydrogen-bond donors (Lipinski definition) is 0. The maximum absolute atomic E-state index is 6.13. The summed E-state index contributed by atoms with van der Waals surface area (Å²) in [5.41, 5.74) is 4.76. The maximum atomic E-state index is 6.13. The van der Waals surface area contributed by atoms with Crippen LogP contribution < -0.4 is 0 Å². The molecule has 1 aliphatic heterocycles. The van der Waals surface area contributed by atoms with Crippen molar-refractivity contribution in [2.75, 3.05) is 13.2 Å². The van der Waals surface area contributed by atoms with Crippen molar-refractivity contribution in [1.29, 1.82) is 0 Å². The van der Waals surface area contributed by atoms with Crippen molar-refractivity contribution in [3.05, 3.63) is 144 Å². The molecule has 4 aromatic rings. The molecule has 2 nitrogen and oxygen atoms in total. The average Bonchev–Trinajstić information content (AvgIpc) is 3.62. The third kappa shape index (κ3) is 3.93. The third-order valence-corrected chi connectivity index (χ3v) is 6.14. The highest BCUT2D eigenvalue weighted by Gasteiger charge is 2.53. The fraction of sp³-hybridized carbons (Fsp3) is 0.172. The average molecular weight is 406 g/mol. The number of rotatable bonds is 8. The van der Waals surface area contributed by atoms with E-state index in [9.17, 15) is 0 Å². The van der Waals surface area contributed by atoms with Crippen molar-refractivity contribution in [2.45, 2.75) is 18.2 Å². The molecular formula is C29H27NO. The summed E-state index contributed by atoms with van der Waals surface area (Å²) in [5.74, 6) is 0. The lowest BCUT2D eigenvalue weighted by Gasteiger charge is -2.38. The standard InChI is InChI=1S/C29H27NO/c1-5-13-24(14-6-1)22-31-23-28-21-30(28)29(25-15-7-2-8-16-25,26-17-9-3-10-18-26)27-19-11-4-12-20-27/h1-20,28H,21-23H2. The zero-order chi connectivity index (χ0) is 20.9. The second-order valence-electron chi connectivity index (χ2n) is 8.12. The molecule has 5 rings (SSSR count). The molecule has 1 heterocycles. The second-order valence-corrected chi connectivity index (χ2v) is 8.12. The van der Waals surface area contributed by atoms with Crippen LogP contribution in [0.15, 0.2) is 121 Å². The van der Waals surface area contributed by atoms with Crippen molar-refractivity contribution in [3.8, 4) is 0 Å². The summed E-state index contributed by atoms with van der Waals surface area (Å²) in [6.45, 7) is 2.39. The van der Waals surface area contributed by atoms with Crippen molar-refractivity contribution >= 4 is 0 Å². The zero-order valence-electron chi connectivity index (χ0n) is 17.6. The summed E-state index contributed by atoms with van der Waals surface area (Å²) in [4.78, 5) is 2.58. The van der Waals surface area contributed by atoms with E-state index < -0.39 is 0 Å². The normalized spacial score (nSPS) is 17.9. The Labute approximate surface area is 184 Å². The fourth-order valence-corrected chi connectivity index (χ4v) is 4.66. The Morgan fingerprint density at radius 1 is 0.613 bits per heavy atom. The second kappa shape index (κ2) is 8.89. The first kappa shape index (κ1) is 19.7. The van der Waals surface area contributed by atoms with Crippen LogP contribution in [0, 0.1) is 0 Å². The first-order valence-corrected chi connectivity index (χ1v) is 10.9. The van der Waals surface area contributed by atoms with Crippen LogP contribution >= 0.6 is 0 Å². The minimum Gasteiger partial charge on any atom is -0.375 e. The molecule has 0 radical (unpaired) electrons. The van der Waals surface area contributed by atoms with E-state index in [0.717, 1.165) is 13.2 Å². The summed E-state index contributed by atoms with van der Waals surface area (Å²) in [6, 6.07) is 43.4. The quantitative estimate of drug-likeness (QED) is 0.268. The van der Waals surface area contributed by atoms with Crippen LogP contribution in [0.3, 0.4) is 0 Å². The van der Waals surface area contributed by atoms with Gasteiger partial charge in [-0.1, -0.05) is 121 Å². The topological polar surface area (TPSA) is 12.2 Å². The number of nitrogens with zero attached hydrogens (tertiary/aromatic N) is 1. The van der Waals surface area contributed by atoms with Gasteiger partial charge in [-0.15, -0.1) is 0 Å². The van der Waals surface area contributed by atoms with Gasteiger partial charge in [0.25, 0.3) is 0 Å². The van der Waals surface area contributed by atoms with Gasteiger partial charge < -0.3 is 4.74 Å². The largest absolute Gasteiger partial charge is 0.375 e. The Bertz CT molecular complexity index is 984. The smallest absolute Gasteiger partial charge is 0.0977 e. The highest BCUT2D eigenvalue weighted by atomic mass is 16.5. The van der Waals surface area contributed by atoms with Gasteiger partial charge in [0.15, 0.2) is 0 Å². The van der Waals surface area contributed by atoms with Crippen molar-refractivity contribution < 1.29 is 4.74 Å². The van der Waals surface area contributed by atoms with Crippen LogP contribution in [-0.4, -0.2) is 24.1 Å². The lowest BCUT2D eigenvalue weighted by Crippen LogP contribution is -2.39. The van der Waals surface area contributed by atoms with E-state index in [1.54, 1.807) is 0 Å². The van der Waals surface area contributed by atoms with E-state index in [4.69, 9.17) is 4.74 Å². The molecule has 4 aromatic carbocycles. The van der Waals surface area contributed by atoms with Crippen LogP contribution in [0.25, 0.3) is 0 Å². The third-order valence-electron chi connectivity index (χ3n) is 6.14. The molecule has 0 aromatic heterocycles. The van der Waals surface area contributed by atoms with Gasteiger partial charge in [-0.3, -0.25) is 4.90 Å². The molecule has 2 atom stereocenters. The van der Waals surface area contributed by atoms with E-state index in [1.807, 2.05) is 6.07 Å². The summed E-state index contributed by atoms with van der Waals surface area (Å²) in [7, 11) is 0. The van der Waals surface area contributed by atoms with E-state index in [2.05, 4.69) is 120 Å². The monoisotopic (exact) mass is 405 g/mol. The molecule has 2 heteroatoms. The Hall–Kier alpha value is -3.20. The Morgan fingerprint density at radius 3 is 1.48 bits per heavy atom. The number of hydrogen-bond acceptors (Lipinski definition) is 2. The molecule has 0 aliphatic carbocycles. The van der Waals surface area contributed by atoms with Crippen molar-refractivity contribution in [3.63, 3.8) is 0 Å². The Kier molecular flexibility index (Phi) is 5.66. The molecule has 0 saturated carbocycles. The van der Waals surface area contributed by atoms with Crippen molar-refractivity contribution in [1.82, 2.24) is 4.90 Å². The fourth-order valence-electron chi connectivity index (χ4n) is 4.66. The predicted octanol–water partition coefficient (Wildman–Crippen LogP) is 5.88. The molecule has 2 unspecified atom stereocenters. The first-order valence-electron chi connectivity index (χ1n) is 10.9. The van der Waals surface area contributed by atoms with Crippen LogP contribution in [0.2, 0.25) is 0 Å². The van der Waals surface area contributed by atoms with Gasteiger partial charge in [0.2, 0.25) is 0 Å². The molecule has 31 heavy (non-hydrogen) atoms. The van der Waals surface area contributed by atoms with Gasteiger partial charge in [0.05, 0.1) is 18.8 Å². The molecular weight excluding hydrogens is 378 g/mol. The first-order chi connectivity index (χ1) is 15.4. The van der Waals surface area contributed by atoms with Crippen molar-refractivity contribution in [2.24, 2.45) is 0 Å². The van der Waals surface area contributed by atoms with Crippen LogP contribution in [0.5, 0.6) is 0 Å². The summed E-state index contributed by atoms with van der Waals surface area (Å²) < 4.78 is 6.13. The lowest BCUT2D eigenvalue weighted by molar-refractivity contribution is 0.107. The lowest BCUT2D eigenvalue weighted by atomic mass is 9.76. The Morgan fingerprint density at radius 2 is 1.03 bits per heavy atom. The molecule has 1 aliphatic rings. The highest BCUT2D eigenvalue weighted by Crippen LogP contribution is 2.48. The SMILES string of the molecule is c1ccc(COCC2CN2C(c2ccccc2)(c2ccccc2)c2ccccc2)cc1. The predicted molar refractivity (Wildman–Crippen MR) is 126 cm³/mol. The van der Waals surface area contributed by atoms with Gasteiger partial charge in [0, 0.05) is 12.6 Å². The van der Waals surface area contributed by atoms with E-state index in [-0.39, 0.29) is 5.54 Å². The molecule has 0 amide bonds. The zero-order valence-corrected chi connectivity index (χ0v) is 17.6. The van der Waals surface area contributed by atoms with Gasteiger partial charge in [0.1, 0.15) is 0 Å².